The van der Waals surface area contributed by atoms with E-state index in [0.717, 1.165) is 0 Å². The lowest BCUT2D eigenvalue weighted by atomic mass is 10.2. The van der Waals surface area contributed by atoms with Crippen molar-refractivity contribution in [3.63, 3.8) is 0 Å². The quantitative estimate of drug-likeness (QED) is 0.812. The number of ether oxygens (including phenoxy) is 1. The SMILES string of the molecule is CO[N+](=O)c1cc(Cl)c(N2CCN(C(=O)OC(C)(C)C)CC2)nc1N. The Balaban J connectivity index is 2.07. The number of pyridine rings is 1. The van der Waals surface area contributed by atoms with Crippen LogP contribution < -0.4 is 10.6 Å². The molecule has 1 amide bonds. The van der Waals surface area contributed by atoms with Crippen molar-refractivity contribution in [1.82, 2.24) is 9.88 Å². The lowest BCUT2D eigenvalue weighted by Gasteiger charge is -2.36. The van der Waals surface area contributed by atoms with Crippen molar-refractivity contribution in [2.75, 3.05) is 43.9 Å². The summed E-state index contributed by atoms with van der Waals surface area (Å²) in [5, 5.41) is 0.285. The van der Waals surface area contributed by atoms with Crippen LogP contribution in [0.2, 0.25) is 5.02 Å². The van der Waals surface area contributed by atoms with Crippen LogP contribution in [0.1, 0.15) is 20.8 Å². The number of hydrogen-bond donors (Lipinski definition) is 1. The monoisotopic (exact) mass is 372 g/mol. The predicted octanol–water partition coefficient (Wildman–Crippen LogP) is 2.35. The van der Waals surface area contributed by atoms with Crippen molar-refractivity contribution >= 4 is 35.0 Å². The molecule has 2 heterocycles. The van der Waals surface area contributed by atoms with E-state index in [4.69, 9.17) is 22.1 Å². The number of anilines is 2. The molecule has 0 radical (unpaired) electrons. The first-order valence-corrected chi connectivity index (χ1v) is 8.20. The second-order valence-electron chi connectivity index (χ2n) is 6.59. The van der Waals surface area contributed by atoms with E-state index >= 15 is 0 Å². The first kappa shape index (κ1) is 19.0. The molecule has 2 N–H and O–H groups in total. The summed E-state index contributed by atoms with van der Waals surface area (Å²) in [7, 11) is 1.23. The third-order valence-corrected chi connectivity index (χ3v) is 3.84. The maximum absolute atomic E-state index is 12.1. The molecule has 138 valence electrons. The Morgan fingerprint density at radius 1 is 1.32 bits per heavy atom. The number of carbonyl (C=O) groups is 1. The third-order valence-electron chi connectivity index (χ3n) is 3.56. The maximum Gasteiger partial charge on any atom is 0.410 e. The first-order valence-electron chi connectivity index (χ1n) is 7.82. The average Bonchev–Trinajstić information content (AvgIpc) is 2.54. The zero-order valence-electron chi connectivity index (χ0n) is 14.8. The summed E-state index contributed by atoms with van der Waals surface area (Å²) < 4.78 is 5.37. The van der Waals surface area contributed by atoms with E-state index in [9.17, 15) is 9.70 Å². The van der Waals surface area contributed by atoms with Crippen molar-refractivity contribution in [3.05, 3.63) is 16.0 Å². The highest BCUT2D eigenvalue weighted by Gasteiger charge is 2.29. The lowest BCUT2D eigenvalue weighted by molar-refractivity contribution is -0.736. The molecule has 1 saturated heterocycles. The standard InChI is InChI=1S/C15H23ClN5O4/c1-15(2,3)25-14(22)20-7-5-19(6-8-20)13-10(16)9-11(12(17)18-13)21(23)24-4/h9H,5-8H2,1-4H3,(H2,17,18)/q+1. The molecule has 1 fully saturated rings. The highest BCUT2D eigenvalue weighted by molar-refractivity contribution is 6.33. The molecule has 0 saturated carbocycles. The molecule has 0 aliphatic carbocycles. The predicted molar refractivity (Wildman–Crippen MR) is 94.0 cm³/mol. The number of piperazine rings is 1. The van der Waals surface area contributed by atoms with Crippen LogP contribution in [0, 0.1) is 4.91 Å². The van der Waals surface area contributed by atoms with Gasteiger partial charge in [-0.2, -0.15) is 0 Å². The molecule has 0 unspecified atom stereocenters. The van der Waals surface area contributed by atoms with Crippen LogP contribution in [0.3, 0.4) is 0 Å². The topological polar surface area (TPSA) is 101 Å². The molecule has 1 aliphatic rings. The minimum Gasteiger partial charge on any atom is -0.444 e. The van der Waals surface area contributed by atoms with E-state index in [0.29, 0.717) is 32.0 Å². The molecular weight excluding hydrogens is 350 g/mol. The molecule has 9 nitrogen and oxygen atoms in total. The molecule has 0 atom stereocenters. The van der Waals surface area contributed by atoms with Gasteiger partial charge in [0.2, 0.25) is 5.82 Å². The third kappa shape index (κ3) is 4.62. The summed E-state index contributed by atoms with van der Waals surface area (Å²) in [5.41, 5.74) is 5.33. The molecule has 10 heteroatoms. The minimum absolute atomic E-state index is 0.0193. The van der Waals surface area contributed by atoms with Crippen LogP contribution in [0.4, 0.5) is 22.1 Å². The smallest absolute Gasteiger partial charge is 0.410 e. The van der Waals surface area contributed by atoms with Crippen molar-refractivity contribution < 1.29 is 19.3 Å². The number of nitrogens with zero attached hydrogens (tertiary/aromatic N) is 4. The molecule has 0 aromatic carbocycles. The Labute approximate surface area is 151 Å². The lowest BCUT2D eigenvalue weighted by Crippen LogP contribution is -2.50. The zero-order valence-corrected chi connectivity index (χ0v) is 15.5. The number of nitrogen functional groups attached to an aromatic ring is 1. The second-order valence-corrected chi connectivity index (χ2v) is 7.00. The van der Waals surface area contributed by atoms with Gasteiger partial charge in [-0.05, 0) is 20.8 Å². The average molecular weight is 373 g/mol. The maximum atomic E-state index is 12.1. The van der Waals surface area contributed by atoms with E-state index < -0.39 is 5.60 Å². The van der Waals surface area contributed by atoms with Gasteiger partial charge in [-0.25, -0.2) is 14.6 Å². The highest BCUT2D eigenvalue weighted by Crippen LogP contribution is 2.32. The molecule has 2 rings (SSSR count). The van der Waals surface area contributed by atoms with E-state index in [1.165, 1.54) is 13.2 Å². The number of amides is 1. The Morgan fingerprint density at radius 2 is 1.92 bits per heavy atom. The fraction of sp³-hybridized carbons (Fsp3) is 0.600. The van der Waals surface area contributed by atoms with Crippen LogP contribution in [0.15, 0.2) is 6.07 Å². The van der Waals surface area contributed by atoms with Crippen LogP contribution in [0.5, 0.6) is 0 Å². The molecule has 25 heavy (non-hydrogen) atoms. The van der Waals surface area contributed by atoms with Crippen LogP contribution >= 0.6 is 11.6 Å². The van der Waals surface area contributed by atoms with Gasteiger partial charge in [0.1, 0.15) is 5.60 Å². The molecule has 1 aromatic rings. The van der Waals surface area contributed by atoms with E-state index in [1.54, 1.807) is 4.90 Å². The fourth-order valence-electron chi connectivity index (χ4n) is 2.38. The Morgan fingerprint density at radius 3 is 2.44 bits per heavy atom. The summed E-state index contributed by atoms with van der Waals surface area (Å²) in [5.74, 6) is 0.488. The van der Waals surface area contributed by atoms with E-state index in [1.807, 2.05) is 25.7 Å². The molecule has 0 bridgehead atoms. The Bertz CT molecular complexity index is 669. The second kappa shape index (κ2) is 7.30. The summed E-state index contributed by atoms with van der Waals surface area (Å²) >= 11 is 6.24. The Hall–Kier alpha value is -2.29. The number of aromatic nitrogens is 1. The first-order chi connectivity index (χ1) is 11.6. The largest absolute Gasteiger partial charge is 0.444 e. The minimum atomic E-state index is -0.533. The van der Waals surface area contributed by atoms with Gasteiger partial charge in [0, 0.05) is 32.2 Å². The van der Waals surface area contributed by atoms with Gasteiger partial charge in [-0.15, -0.1) is 0 Å². The molecule has 1 aliphatic heterocycles. The van der Waals surface area contributed by atoms with Crippen molar-refractivity contribution in [2.45, 2.75) is 26.4 Å². The molecule has 1 aromatic heterocycles. The summed E-state index contributed by atoms with van der Waals surface area (Å²) in [4.78, 5) is 36.2. The van der Waals surface area contributed by atoms with Gasteiger partial charge >= 0.3 is 11.8 Å². The zero-order chi connectivity index (χ0) is 18.8. The van der Waals surface area contributed by atoms with Crippen molar-refractivity contribution in [2.24, 2.45) is 0 Å². The van der Waals surface area contributed by atoms with Gasteiger partial charge in [0.15, 0.2) is 12.9 Å². The highest BCUT2D eigenvalue weighted by atomic mass is 35.5. The van der Waals surface area contributed by atoms with Crippen molar-refractivity contribution in [1.29, 1.82) is 0 Å². The number of hydrogen-bond acceptors (Lipinski definition) is 7. The molecule has 0 spiro atoms. The van der Waals surface area contributed by atoms with Crippen LogP contribution in [0.25, 0.3) is 0 Å². The van der Waals surface area contributed by atoms with Crippen LogP contribution in [-0.2, 0) is 9.57 Å². The van der Waals surface area contributed by atoms with E-state index in [-0.39, 0.29) is 27.5 Å². The summed E-state index contributed by atoms with van der Waals surface area (Å²) in [6, 6.07) is 1.41. The number of halogens is 1. The van der Waals surface area contributed by atoms with Gasteiger partial charge in [0.25, 0.3) is 4.92 Å². The summed E-state index contributed by atoms with van der Waals surface area (Å²) in [6.07, 6.45) is -0.344. The number of rotatable bonds is 3. The summed E-state index contributed by atoms with van der Waals surface area (Å²) in [6.45, 7) is 7.48. The number of nitrogens with two attached hydrogens (primary N) is 1. The van der Waals surface area contributed by atoms with Gasteiger partial charge in [0.05, 0.1) is 9.93 Å². The van der Waals surface area contributed by atoms with E-state index in [2.05, 4.69) is 9.82 Å². The van der Waals surface area contributed by atoms with Crippen LogP contribution in [-0.4, -0.2) is 59.8 Å². The normalized spacial score (nSPS) is 15.1. The fourth-order valence-corrected chi connectivity index (χ4v) is 2.64. The Kier molecular flexibility index (Phi) is 5.56. The van der Waals surface area contributed by atoms with Crippen molar-refractivity contribution in [3.8, 4) is 0 Å². The molecular formula is C15H23ClN5O4+. The van der Waals surface area contributed by atoms with Gasteiger partial charge in [-0.3, -0.25) is 0 Å². The van der Waals surface area contributed by atoms with Gasteiger partial charge in [-0.1, -0.05) is 11.6 Å². The number of carbonyl (C=O) groups excluding carboxylic acids is 1. The van der Waals surface area contributed by atoms with Gasteiger partial charge < -0.3 is 20.3 Å².